The van der Waals surface area contributed by atoms with Gasteiger partial charge in [0.25, 0.3) is 5.91 Å². The van der Waals surface area contributed by atoms with Crippen molar-refractivity contribution in [2.24, 2.45) is 5.92 Å². The van der Waals surface area contributed by atoms with Gasteiger partial charge in [0.05, 0.1) is 37.3 Å². The molecule has 7 rings (SSSR count). The molecule has 2 saturated heterocycles. The molecule has 4 aliphatic heterocycles. The van der Waals surface area contributed by atoms with E-state index in [0.29, 0.717) is 55.9 Å². The van der Waals surface area contributed by atoms with Gasteiger partial charge in [0.1, 0.15) is 17.6 Å². The van der Waals surface area contributed by atoms with E-state index >= 15 is 4.39 Å². The number of sulfonamides is 1. The molecule has 282 valence electrons. The van der Waals surface area contributed by atoms with E-state index in [0.717, 1.165) is 32.1 Å². The van der Waals surface area contributed by atoms with Gasteiger partial charge in [-0.2, -0.15) is 0 Å². The molecule has 2 aromatic rings. The topological polar surface area (TPSA) is 118 Å². The van der Waals surface area contributed by atoms with Crippen molar-refractivity contribution in [1.82, 2.24) is 14.5 Å². The number of amides is 2. The van der Waals surface area contributed by atoms with Crippen molar-refractivity contribution < 1.29 is 36.6 Å². The fourth-order valence-electron chi connectivity index (χ4n) is 8.55. The lowest BCUT2D eigenvalue weighted by molar-refractivity contribution is -0.140. The number of aryl methyl sites for hydroxylation is 1. The molecule has 0 radical (unpaired) electrons. The number of likely N-dealkylation sites (N-methyl/N-ethyl adjacent to an activating group) is 1. The molecule has 2 fully saturated rings. The first-order valence-electron chi connectivity index (χ1n) is 18.3. The first-order chi connectivity index (χ1) is 24.8. The summed E-state index contributed by atoms with van der Waals surface area (Å²) < 4.78 is 63.7. The number of allylic oxidation sites excluding steroid dienone is 1. The maximum Gasteiger partial charge on any atom is 0.264 e. The van der Waals surface area contributed by atoms with Crippen molar-refractivity contribution in [2.75, 3.05) is 57.9 Å². The molecule has 1 spiro atoms. The van der Waals surface area contributed by atoms with Crippen molar-refractivity contribution in [3.63, 3.8) is 0 Å². The zero-order valence-electron chi connectivity index (χ0n) is 30.0. The number of hydrogen-bond acceptors (Lipinski definition) is 9. The molecule has 11 nitrogen and oxygen atoms in total. The average molecular weight is 759 g/mol. The monoisotopic (exact) mass is 758 g/mol. The zero-order chi connectivity index (χ0) is 36.8. The smallest absolute Gasteiger partial charge is 0.264 e. The number of rotatable bonds is 3. The third-order valence-electron chi connectivity index (χ3n) is 11.7. The Bertz CT molecular complexity index is 1840. The predicted octanol–water partition coefficient (Wildman–Crippen LogP) is 4.82. The number of benzene rings is 2. The molecule has 2 bridgehead atoms. The van der Waals surface area contributed by atoms with Crippen LogP contribution in [0, 0.1) is 5.92 Å². The Kier molecular flexibility index (Phi) is 10.6. The van der Waals surface area contributed by atoms with E-state index in [9.17, 15) is 18.0 Å². The predicted molar refractivity (Wildman–Crippen MR) is 196 cm³/mol. The molecule has 0 aromatic heterocycles. The quantitative estimate of drug-likeness (QED) is 0.471. The van der Waals surface area contributed by atoms with E-state index in [-0.39, 0.29) is 24.6 Å². The summed E-state index contributed by atoms with van der Waals surface area (Å²) in [5.41, 5.74) is 2.76. The van der Waals surface area contributed by atoms with Gasteiger partial charge in [-0.25, -0.2) is 17.5 Å². The minimum absolute atomic E-state index is 0.0528. The number of halogens is 2. The van der Waals surface area contributed by atoms with Gasteiger partial charge >= 0.3 is 0 Å². The molecule has 4 heterocycles. The van der Waals surface area contributed by atoms with Crippen LogP contribution in [0.3, 0.4) is 0 Å². The van der Waals surface area contributed by atoms with E-state index in [4.69, 9.17) is 25.8 Å². The van der Waals surface area contributed by atoms with Gasteiger partial charge < -0.3 is 24.0 Å². The molecule has 1 aliphatic carbocycles. The van der Waals surface area contributed by atoms with Gasteiger partial charge in [-0.15, -0.1) is 0 Å². The lowest BCUT2D eigenvalue weighted by atomic mass is 9.70. The Morgan fingerprint density at radius 1 is 1.13 bits per heavy atom. The normalized spacial score (nSPS) is 30.8. The van der Waals surface area contributed by atoms with E-state index in [1.807, 2.05) is 17.0 Å². The van der Waals surface area contributed by atoms with Crippen molar-refractivity contribution in [3.05, 3.63) is 70.0 Å². The molecule has 0 unspecified atom stereocenters. The third kappa shape index (κ3) is 7.31. The van der Waals surface area contributed by atoms with Gasteiger partial charge in [0.15, 0.2) is 6.29 Å². The molecular formula is C38H48ClFN4O7S. The fourth-order valence-corrected chi connectivity index (χ4v) is 10.0. The summed E-state index contributed by atoms with van der Waals surface area (Å²) in [7, 11) is -2.52. The molecular weight excluding hydrogens is 711 g/mol. The Hall–Kier alpha value is -3.23. The molecule has 52 heavy (non-hydrogen) atoms. The Labute approximate surface area is 310 Å². The number of ether oxygens (including phenoxy) is 3. The number of anilines is 1. The second kappa shape index (κ2) is 14.9. The Morgan fingerprint density at radius 3 is 2.71 bits per heavy atom. The summed E-state index contributed by atoms with van der Waals surface area (Å²) in [5.74, 6) is -1.77. The number of nitrogens with one attached hydrogen (secondary N) is 1. The van der Waals surface area contributed by atoms with Crippen LogP contribution in [0.25, 0.3) is 0 Å². The van der Waals surface area contributed by atoms with Crippen LogP contribution in [0.5, 0.6) is 5.75 Å². The van der Waals surface area contributed by atoms with Gasteiger partial charge in [-0.1, -0.05) is 30.7 Å². The van der Waals surface area contributed by atoms with Crippen LogP contribution in [-0.2, 0) is 36.1 Å². The van der Waals surface area contributed by atoms with Crippen molar-refractivity contribution in [3.8, 4) is 5.75 Å². The van der Waals surface area contributed by atoms with Crippen molar-refractivity contribution >= 4 is 39.1 Å². The van der Waals surface area contributed by atoms with E-state index < -0.39 is 56.6 Å². The highest BCUT2D eigenvalue weighted by molar-refractivity contribution is 7.90. The van der Waals surface area contributed by atoms with Gasteiger partial charge in [0.2, 0.25) is 15.9 Å². The van der Waals surface area contributed by atoms with Crippen LogP contribution in [0.2, 0.25) is 5.02 Å². The Balaban J connectivity index is 1.32. The molecule has 0 saturated carbocycles. The molecule has 1 N–H and O–H groups in total. The summed E-state index contributed by atoms with van der Waals surface area (Å²) in [4.78, 5) is 33.5. The average Bonchev–Trinajstić information content (AvgIpc) is 3.77. The van der Waals surface area contributed by atoms with Crippen LogP contribution in [-0.4, -0.2) is 107 Å². The zero-order valence-corrected chi connectivity index (χ0v) is 31.6. The standard InChI is InChI=1S/C38H48ClFN4O7S/c1-24-8-12-31(40)35(37(46)42(3)21-34-49-16-17-50-34)44-15-5-7-29(44)20-43-22-38(14-4-6-26-18-28(39)10-11-30(26)38)23-51-33-13-9-27(19-32(33)43)36(45)41-52(47,48)25(24)2/h9-13,18-19,24-25,29,34-35H,4-8,14-17,20-23H2,1-3H3,(H,41,45)/b31-12-/t24-,25+,29-,35+,38-/m0/s1. The van der Waals surface area contributed by atoms with Crippen LogP contribution in [0.4, 0.5) is 10.1 Å². The van der Waals surface area contributed by atoms with Crippen LogP contribution < -0.4 is 14.4 Å². The van der Waals surface area contributed by atoms with Crippen molar-refractivity contribution in [1.29, 1.82) is 0 Å². The molecule has 14 heteroatoms. The molecule has 2 amide bonds. The number of carbonyl (C=O) groups excluding carboxylic acids is 2. The lowest BCUT2D eigenvalue weighted by Gasteiger charge is -2.42. The molecule has 2 aromatic carbocycles. The minimum atomic E-state index is -4.15. The number of fused-ring (bicyclic) bond motifs is 4. The molecule has 5 atom stereocenters. The number of hydrogen-bond donors (Lipinski definition) is 1. The van der Waals surface area contributed by atoms with Gasteiger partial charge in [0, 0.05) is 42.2 Å². The number of nitrogens with zero attached hydrogens (tertiary/aromatic N) is 3. The maximum absolute atomic E-state index is 16.7. The summed E-state index contributed by atoms with van der Waals surface area (Å²) in [6.45, 7) is 6.06. The highest BCUT2D eigenvalue weighted by atomic mass is 35.5. The minimum Gasteiger partial charge on any atom is -0.490 e. The number of carbonyl (C=O) groups is 2. The van der Waals surface area contributed by atoms with E-state index in [1.54, 1.807) is 32.2 Å². The van der Waals surface area contributed by atoms with Crippen LogP contribution in [0.15, 0.2) is 48.3 Å². The third-order valence-corrected chi connectivity index (χ3v) is 13.8. The summed E-state index contributed by atoms with van der Waals surface area (Å²) >= 11 is 6.45. The van der Waals surface area contributed by atoms with Crippen molar-refractivity contribution in [2.45, 2.75) is 81.4 Å². The highest BCUT2D eigenvalue weighted by Gasteiger charge is 2.45. The van der Waals surface area contributed by atoms with Gasteiger partial charge in [-0.05, 0) is 99.4 Å². The Morgan fingerprint density at radius 2 is 1.92 bits per heavy atom. The van der Waals surface area contributed by atoms with E-state index in [1.165, 1.54) is 29.0 Å². The summed E-state index contributed by atoms with van der Waals surface area (Å²) in [5, 5.41) is -0.349. The summed E-state index contributed by atoms with van der Waals surface area (Å²) in [6, 6.07) is 9.60. The highest BCUT2D eigenvalue weighted by Crippen LogP contribution is 2.45. The van der Waals surface area contributed by atoms with E-state index in [2.05, 4.69) is 15.7 Å². The first-order valence-corrected chi connectivity index (χ1v) is 20.2. The lowest BCUT2D eigenvalue weighted by Crippen LogP contribution is -2.54. The molecule has 5 aliphatic rings. The second-order valence-electron chi connectivity index (χ2n) is 15.1. The van der Waals surface area contributed by atoms with Crippen LogP contribution in [0.1, 0.15) is 67.4 Å². The largest absolute Gasteiger partial charge is 0.490 e. The summed E-state index contributed by atoms with van der Waals surface area (Å²) in [6.07, 6.45) is 5.00. The SMILES string of the molecule is C[C@@H]1[C@@H](C)C/C=C(\F)[C@H](C(=O)N(C)CC2OCCO2)N2CCC[C@H]2CN2C[C@@]3(CCCc4cc(Cl)ccc43)COc3ccc(cc32)C(=O)NS1(=O)=O. The fraction of sp³-hybridized carbons (Fsp3) is 0.579. The first kappa shape index (κ1) is 37.1. The second-order valence-corrected chi connectivity index (χ2v) is 17.6. The van der Waals surface area contributed by atoms with Gasteiger partial charge in [-0.3, -0.25) is 14.5 Å². The van der Waals surface area contributed by atoms with Crippen LogP contribution >= 0.6 is 11.6 Å². The maximum atomic E-state index is 16.7.